The van der Waals surface area contributed by atoms with E-state index < -0.39 is 17.4 Å². The molecule has 1 fully saturated rings. The Morgan fingerprint density at radius 2 is 2.18 bits per heavy atom. The molecule has 0 aromatic carbocycles. The van der Waals surface area contributed by atoms with Crippen molar-refractivity contribution >= 4 is 11.9 Å². The maximum atomic E-state index is 12.3. The SMILES string of the molecule is CCC(CC)c1cc(C(=O)NC2(CC(=O)O)CCOC2)on1. The molecular formula is C15H22N2O5. The molecule has 0 spiro atoms. The molecule has 1 aliphatic heterocycles. The molecule has 1 atom stereocenters. The molecule has 0 bridgehead atoms. The lowest BCUT2D eigenvalue weighted by Crippen LogP contribution is -2.50. The molecule has 2 heterocycles. The van der Waals surface area contributed by atoms with Gasteiger partial charge in [0.1, 0.15) is 0 Å². The van der Waals surface area contributed by atoms with E-state index in [1.54, 1.807) is 6.07 Å². The van der Waals surface area contributed by atoms with Crippen molar-refractivity contribution in [3.63, 3.8) is 0 Å². The molecule has 1 aromatic heterocycles. The first kappa shape index (κ1) is 16.5. The zero-order valence-electron chi connectivity index (χ0n) is 12.9. The number of carboxylic acid groups (broad SMARTS) is 1. The number of ether oxygens (including phenoxy) is 1. The van der Waals surface area contributed by atoms with Gasteiger partial charge in [-0.1, -0.05) is 19.0 Å². The normalized spacial score (nSPS) is 21.2. The molecule has 0 radical (unpaired) electrons. The first-order valence-electron chi connectivity index (χ1n) is 7.58. The van der Waals surface area contributed by atoms with Crippen LogP contribution in [0.1, 0.15) is 61.7 Å². The highest BCUT2D eigenvalue weighted by atomic mass is 16.5. The zero-order chi connectivity index (χ0) is 16.2. The van der Waals surface area contributed by atoms with Crippen LogP contribution in [0.2, 0.25) is 0 Å². The van der Waals surface area contributed by atoms with E-state index in [0.29, 0.717) is 13.0 Å². The highest BCUT2D eigenvalue weighted by molar-refractivity contribution is 5.92. The van der Waals surface area contributed by atoms with Gasteiger partial charge in [-0.15, -0.1) is 0 Å². The Morgan fingerprint density at radius 1 is 1.45 bits per heavy atom. The van der Waals surface area contributed by atoms with Crippen LogP contribution in [0.15, 0.2) is 10.6 Å². The summed E-state index contributed by atoms with van der Waals surface area (Å²) in [6.07, 6.45) is 2.13. The molecule has 1 unspecified atom stereocenters. The molecular weight excluding hydrogens is 288 g/mol. The number of carbonyl (C=O) groups is 2. The molecule has 1 aliphatic rings. The number of hydrogen-bond donors (Lipinski definition) is 2. The lowest BCUT2D eigenvalue weighted by molar-refractivity contribution is -0.138. The lowest BCUT2D eigenvalue weighted by atomic mass is 9.94. The Kier molecular flexibility index (Phi) is 5.18. The Balaban J connectivity index is 2.09. The number of carbonyl (C=O) groups excluding carboxylic acids is 1. The van der Waals surface area contributed by atoms with Gasteiger partial charge >= 0.3 is 5.97 Å². The molecule has 0 aliphatic carbocycles. The van der Waals surface area contributed by atoms with Crippen molar-refractivity contribution in [3.8, 4) is 0 Å². The molecule has 1 aromatic rings. The predicted molar refractivity (Wildman–Crippen MR) is 77.7 cm³/mol. The van der Waals surface area contributed by atoms with Crippen LogP contribution in [0.3, 0.4) is 0 Å². The second kappa shape index (κ2) is 6.91. The predicted octanol–water partition coefficient (Wildman–Crippen LogP) is 1.94. The summed E-state index contributed by atoms with van der Waals surface area (Å²) < 4.78 is 10.4. The van der Waals surface area contributed by atoms with Crippen molar-refractivity contribution in [2.24, 2.45) is 0 Å². The third-order valence-corrected chi connectivity index (χ3v) is 4.13. The van der Waals surface area contributed by atoms with Crippen molar-refractivity contribution in [2.75, 3.05) is 13.2 Å². The average molecular weight is 310 g/mol. The molecule has 122 valence electrons. The molecule has 1 amide bonds. The van der Waals surface area contributed by atoms with Crippen LogP contribution in [0, 0.1) is 0 Å². The van der Waals surface area contributed by atoms with E-state index in [4.69, 9.17) is 14.4 Å². The number of aliphatic carboxylic acids is 1. The van der Waals surface area contributed by atoms with Gasteiger partial charge in [0.15, 0.2) is 0 Å². The van der Waals surface area contributed by atoms with E-state index >= 15 is 0 Å². The second-order valence-corrected chi connectivity index (χ2v) is 5.74. The van der Waals surface area contributed by atoms with Gasteiger partial charge in [0, 0.05) is 18.6 Å². The largest absolute Gasteiger partial charge is 0.481 e. The van der Waals surface area contributed by atoms with Crippen LogP contribution < -0.4 is 5.32 Å². The minimum atomic E-state index is -0.971. The standard InChI is InChI=1S/C15H22N2O5/c1-3-10(4-2)11-7-12(22-17-11)14(20)16-15(8-13(18)19)5-6-21-9-15/h7,10H,3-6,8-9H2,1-2H3,(H,16,20)(H,18,19). The zero-order valence-corrected chi connectivity index (χ0v) is 12.9. The average Bonchev–Trinajstić information content (AvgIpc) is 3.09. The molecule has 2 rings (SSSR count). The number of hydrogen-bond acceptors (Lipinski definition) is 5. The lowest BCUT2D eigenvalue weighted by Gasteiger charge is -2.26. The summed E-state index contributed by atoms with van der Waals surface area (Å²) in [7, 11) is 0. The molecule has 0 saturated carbocycles. The smallest absolute Gasteiger partial charge is 0.305 e. The third kappa shape index (κ3) is 3.65. The molecule has 22 heavy (non-hydrogen) atoms. The first-order chi connectivity index (χ1) is 10.5. The quantitative estimate of drug-likeness (QED) is 0.798. The van der Waals surface area contributed by atoms with Crippen LogP contribution in [-0.2, 0) is 9.53 Å². The minimum Gasteiger partial charge on any atom is -0.481 e. The van der Waals surface area contributed by atoms with Gasteiger partial charge in [-0.2, -0.15) is 0 Å². The maximum Gasteiger partial charge on any atom is 0.305 e. The summed E-state index contributed by atoms with van der Waals surface area (Å²) >= 11 is 0. The van der Waals surface area contributed by atoms with Gasteiger partial charge in [-0.3, -0.25) is 9.59 Å². The van der Waals surface area contributed by atoms with E-state index in [2.05, 4.69) is 24.3 Å². The van der Waals surface area contributed by atoms with E-state index in [1.807, 2.05) is 0 Å². The first-order valence-corrected chi connectivity index (χ1v) is 7.58. The van der Waals surface area contributed by atoms with Crippen molar-refractivity contribution in [1.29, 1.82) is 0 Å². The van der Waals surface area contributed by atoms with Gasteiger partial charge in [0.2, 0.25) is 5.76 Å². The Hall–Kier alpha value is -1.89. The fourth-order valence-electron chi connectivity index (χ4n) is 2.78. The van der Waals surface area contributed by atoms with E-state index in [-0.39, 0.29) is 24.7 Å². The molecule has 2 N–H and O–H groups in total. The fourth-order valence-corrected chi connectivity index (χ4v) is 2.78. The molecule has 7 nitrogen and oxygen atoms in total. The van der Waals surface area contributed by atoms with Crippen LogP contribution in [0.4, 0.5) is 0 Å². The fraction of sp³-hybridized carbons (Fsp3) is 0.667. The van der Waals surface area contributed by atoms with E-state index in [9.17, 15) is 9.59 Å². The summed E-state index contributed by atoms with van der Waals surface area (Å²) in [4.78, 5) is 23.3. The summed E-state index contributed by atoms with van der Waals surface area (Å²) in [6, 6.07) is 1.64. The number of rotatable bonds is 7. The van der Waals surface area contributed by atoms with Crippen LogP contribution in [0.5, 0.6) is 0 Å². The topological polar surface area (TPSA) is 102 Å². The van der Waals surface area contributed by atoms with Crippen molar-refractivity contribution < 1.29 is 24.0 Å². The summed E-state index contributed by atoms with van der Waals surface area (Å²) in [6.45, 7) is 4.74. The molecule has 7 heteroatoms. The Labute approximate surface area is 129 Å². The van der Waals surface area contributed by atoms with Crippen LogP contribution in [0.25, 0.3) is 0 Å². The van der Waals surface area contributed by atoms with Crippen molar-refractivity contribution in [1.82, 2.24) is 10.5 Å². The monoisotopic (exact) mass is 310 g/mol. The Morgan fingerprint density at radius 3 is 2.73 bits per heavy atom. The number of amides is 1. The van der Waals surface area contributed by atoms with Gasteiger partial charge in [-0.25, -0.2) is 0 Å². The second-order valence-electron chi connectivity index (χ2n) is 5.74. The number of nitrogens with one attached hydrogen (secondary N) is 1. The van der Waals surface area contributed by atoms with Gasteiger partial charge in [-0.05, 0) is 19.3 Å². The maximum absolute atomic E-state index is 12.3. The summed E-state index contributed by atoms with van der Waals surface area (Å²) in [5.74, 6) is -1.05. The van der Waals surface area contributed by atoms with E-state index in [1.165, 1.54) is 0 Å². The van der Waals surface area contributed by atoms with Crippen molar-refractivity contribution in [3.05, 3.63) is 17.5 Å². The third-order valence-electron chi connectivity index (χ3n) is 4.13. The van der Waals surface area contributed by atoms with Gasteiger partial charge < -0.3 is 19.7 Å². The highest BCUT2D eigenvalue weighted by Gasteiger charge is 2.39. The minimum absolute atomic E-state index is 0.110. The van der Waals surface area contributed by atoms with Gasteiger partial charge in [0.25, 0.3) is 5.91 Å². The van der Waals surface area contributed by atoms with Crippen LogP contribution in [-0.4, -0.2) is 40.9 Å². The van der Waals surface area contributed by atoms with Gasteiger partial charge in [0.05, 0.1) is 24.3 Å². The van der Waals surface area contributed by atoms with E-state index in [0.717, 1.165) is 18.5 Å². The number of aromatic nitrogens is 1. The number of nitrogens with zero attached hydrogens (tertiary/aromatic N) is 1. The Bertz CT molecular complexity index is 530. The van der Waals surface area contributed by atoms with Crippen LogP contribution >= 0.6 is 0 Å². The summed E-state index contributed by atoms with van der Waals surface area (Å²) in [5.41, 5.74) is -0.116. The van der Waals surface area contributed by atoms with Crippen molar-refractivity contribution in [2.45, 2.75) is 51.0 Å². The number of carboxylic acids is 1. The molecule has 1 saturated heterocycles. The highest BCUT2D eigenvalue weighted by Crippen LogP contribution is 2.25. The summed E-state index contributed by atoms with van der Waals surface area (Å²) in [5, 5.41) is 15.7.